The van der Waals surface area contributed by atoms with E-state index in [-0.39, 0.29) is 23.6 Å². The Balaban J connectivity index is 2.17. The normalized spacial score (nSPS) is 11.8. The topological polar surface area (TPSA) is 98.9 Å². The van der Waals surface area contributed by atoms with Crippen LogP contribution in [0, 0.1) is 10.1 Å². The van der Waals surface area contributed by atoms with Gasteiger partial charge in [0, 0.05) is 18.6 Å². The number of nitrogens with zero attached hydrogens (tertiary/aromatic N) is 1. The van der Waals surface area contributed by atoms with Crippen LogP contribution in [-0.2, 0) is 6.42 Å². The highest BCUT2D eigenvalue weighted by Crippen LogP contribution is 2.44. The fourth-order valence-corrected chi connectivity index (χ4v) is 10.1. The van der Waals surface area contributed by atoms with Crippen LogP contribution in [0.5, 0.6) is 11.5 Å². The van der Waals surface area contributed by atoms with Crippen molar-refractivity contribution in [2.75, 3.05) is 6.61 Å². The first-order chi connectivity index (χ1) is 15.4. The maximum atomic E-state index is 11.2. The van der Waals surface area contributed by atoms with Gasteiger partial charge in [-0.1, -0.05) is 59.2 Å². The van der Waals surface area contributed by atoms with E-state index in [1.54, 1.807) is 0 Å². The van der Waals surface area contributed by atoms with Crippen molar-refractivity contribution in [2.45, 2.75) is 64.6 Å². The third-order valence-corrected chi connectivity index (χ3v) is 12.3. The average Bonchev–Trinajstić information content (AvgIpc) is 2.72. The minimum atomic E-state index is -2.14. The average molecular weight is 494 g/mol. The smallest absolute Gasteiger partial charge is 0.335 e. The van der Waals surface area contributed by atoms with Crippen LogP contribution in [0.2, 0.25) is 21.6 Å². The Morgan fingerprint density at radius 2 is 1.64 bits per heavy atom. The molecular weight excluding hydrogens is 462 g/mol. The Kier molecular flexibility index (Phi) is 8.91. The van der Waals surface area contributed by atoms with Crippen LogP contribution >= 0.6 is 11.6 Å². The van der Waals surface area contributed by atoms with Crippen LogP contribution in [0.1, 0.15) is 57.5 Å². The molecule has 0 aliphatic heterocycles. The third kappa shape index (κ3) is 6.06. The minimum absolute atomic E-state index is 0.0757. The molecule has 9 heteroatoms. The van der Waals surface area contributed by atoms with Crippen LogP contribution < -0.4 is 9.16 Å². The zero-order valence-corrected chi connectivity index (χ0v) is 21.7. The molecule has 0 aliphatic carbocycles. The molecule has 0 fully saturated rings. The lowest BCUT2D eigenvalue weighted by atomic mass is 10.1. The largest absolute Gasteiger partial charge is 0.542 e. The van der Waals surface area contributed by atoms with Crippen molar-refractivity contribution in [3.8, 4) is 11.5 Å². The summed E-state index contributed by atoms with van der Waals surface area (Å²) in [6, 6.07) is 9.09. The predicted octanol–water partition coefficient (Wildman–Crippen LogP) is 7.12. The summed E-state index contributed by atoms with van der Waals surface area (Å²) in [6.45, 7) is 13.4. The molecule has 0 saturated carbocycles. The van der Waals surface area contributed by atoms with E-state index in [1.807, 2.05) is 18.2 Å². The molecule has 1 N–H and O–H groups in total. The fraction of sp³-hybridized carbons (Fsp3) is 0.458. The maximum absolute atomic E-state index is 11.2. The van der Waals surface area contributed by atoms with Crippen molar-refractivity contribution in [2.24, 2.45) is 0 Å². The number of benzene rings is 2. The number of halogens is 1. The second kappa shape index (κ2) is 11.0. The van der Waals surface area contributed by atoms with Crippen molar-refractivity contribution >= 4 is 31.6 Å². The highest BCUT2D eigenvalue weighted by molar-refractivity contribution is 6.78. The van der Waals surface area contributed by atoms with Gasteiger partial charge in [-0.15, -0.1) is 0 Å². The van der Waals surface area contributed by atoms with Crippen molar-refractivity contribution < 1.29 is 24.0 Å². The Hall–Kier alpha value is -2.58. The Morgan fingerprint density at radius 1 is 1.03 bits per heavy atom. The van der Waals surface area contributed by atoms with Gasteiger partial charge in [0.15, 0.2) is 5.75 Å². The van der Waals surface area contributed by atoms with Gasteiger partial charge in [-0.3, -0.25) is 10.1 Å². The van der Waals surface area contributed by atoms with Crippen molar-refractivity contribution in [3.05, 3.63) is 62.7 Å². The summed E-state index contributed by atoms with van der Waals surface area (Å²) in [5.41, 5.74) is 1.78. The molecule has 0 amide bonds. The number of carbonyl (C=O) groups is 1. The van der Waals surface area contributed by atoms with Gasteiger partial charge in [-0.2, -0.15) is 0 Å². The summed E-state index contributed by atoms with van der Waals surface area (Å²) in [6.07, 6.45) is 0.440. The molecule has 180 valence electrons. The number of carboxylic acids is 1. The summed E-state index contributed by atoms with van der Waals surface area (Å²) >= 11 is 6.57. The zero-order valence-electron chi connectivity index (χ0n) is 19.9. The Labute approximate surface area is 201 Å². The summed E-state index contributed by atoms with van der Waals surface area (Å²) in [4.78, 5) is 21.8. The van der Waals surface area contributed by atoms with Gasteiger partial charge in [-0.05, 0) is 40.4 Å². The fourth-order valence-electron chi connectivity index (χ4n) is 4.52. The molecule has 0 aliphatic rings. The standard InChI is InChI=1S/C24H32ClNO6Si/c1-15(2)33(16(3)4,17(5)6)32-22-10-7-18(13-20(22)25)11-12-31-23-14-19(24(27)28)8-9-21(23)26(29)30/h7-10,13-17H,11-12H2,1-6H3,(H,27,28). The van der Waals surface area contributed by atoms with Gasteiger partial charge in [0.1, 0.15) is 5.75 Å². The second-order valence-corrected chi connectivity index (χ2v) is 14.8. The molecule has 0 bridgehead atoms. The van der Waals surface area contributed by atoms with E-state index in [4.69, 9.17) is 25.9 Å². The number of ether oxygens (including phenoxy) is 1. The van der Waals surface area contributed by atoms with Crippen molar-refractivity contribution in [3.63, 3.8) is 0 Å². The number of aromatic carboxylic acids is 1. The highest BCUT2D eigenvalue weighted by atomic mass is 35.5. The predicted molar refractivity (Wildman–Crippen MR) is 132 cm³/mol. The first kappa shape index (κ1) is 26.7. The zero-order chi connectivity index (χ0) is 24.9. The van der Waals surface area contributed by atoms with Gasteiger partial charge < -0.3 is 14.3 Å². The first-order valence-electron chi connectivity index (χ1n) is 11.0. The van der Waals surface area contributed by atoms with E-state index in [0.717, 1.165) is 11.6 Å². The summed E-state index contributed by atoms with van der Waals surface area (Å²) < 4.78 is 12.2. The quantitative estimate of drug-likeness (QED) is 0.203. The molecule has 0 radical (unpaired) electrons. The number of nitro benzene ring substituents is 1. The van der Waals surface area contributed by atoms with E-state index in [0.29, 0.717) is 33.8 Å². The lowest BCUT2D eigenvalue weighted by Gasteiger charge is -2.42. The van der Waals surface area contributed by atoms with Crippen LogP contribution in [0.3, 0.4) is 0 Å². The molecule has 33 heavy (non-hydrogen) atoms. The highest BCUT2D eigenvalue weighted by Gasteiger charge is 2.47. The van der Waals surface area contributed by atoms with Crippen molar-refractivity contribution in [1.29, 1.82) is 0 Å². The monoisotopic (exact) mass is 493 g/mol. The van der Waals surface area contributed by atoms with E-state index in [2.05, 4.69) is 41.5 Å². The Morgan fingerprint density at radius 3 is 2.12 bits per heavy atom. The molecule has 0 heterocycles. The third-order valence-electron chi connectivity index (χ3n) is 6.04. The molecule has 0 aromatic heterocycles. The molecular formula is C24H32ClNO6Si. The lowest BCUT2D eigenvalue weighted by molar-refractivity contribution is -0.385. The van der Waals surface area contributed by atoms with Crippen LogP contribution in [0.25, 0.3) is 0 Å². The van der Waals surface area contributed by atoms with Gasteiger partial charge >= 0.3 is 11.7 Å². The van der Waals surface area contributed by atoms with E-state index in [9.17, 15) is 14.9 Å². The van der Waals surface area contributed by atoms with Gasteiger partial charge in [-0.25, -0.2) is 4.79 Å². The molecule has 2 aromatic rings. The number of rotatable bonds is 11. The molecule has 0 saturated heterocycles. The SMILES string of the molecule is CC(C)[Si](Oc1ccc(CCOc2cc(C(=O)O)ccc2[N+](=O)[O-])cc1Cl)(C(C)C)C(C)C. The summed E-state index contributed by atoms with van der Waals surface area (Å²) in [7, 11) is -2.14. The van der Waals surface area contributed by atoms with Crippen molar-refractivity contribution in [1.82, 2.24) is 0 Å². The minimum Gasteiger partial charge on any atom is -0.542 e. The summed E-state index contributed by atoms with van der Waals surface area (Å²) in [5, 5.41) is 20.9. The van der Waals surface area contributed by atoms with Gasteiger partial charge in [0.2, 0.25) is 0 Å². The molecule has 2 aromatic carbocycles. The number of hydrogen-bond donors (Lipinski definition) is 1. The number of carboxylic acid groups (broad SMARTS) is 1. The van der Waals surface area contributed by atoms with E-state index in [1.165, 1.54) is 12.1 Å². The van der Waals surface area contributed by atoms with Gasteiger partial charge in [0.05, 0.1) is 22.1 Å². The number of nitro groups is 1. The van der Waals surface area contributed by atoms with E-state index < -0.39 is 19.2 Å². The number of hydrogen-bond acceptors (Lipinski definition) is 5. The van der Waals surface area contributed by atoms with Crippen LogP contribution in [0.15, 0.2) is 36.4 Å². The first-order valence-corrected chi connectivity index (χ1v) is 13.5. The molecule has 0 unspecified atom stereocenters. The second-order valence-electron chi connectivity index (χ2n) is 9.03. The Bertz CT molecular complexity index is 987. The van der Waals surface area contributed by atoms with E-state index >= 15 is 0 Å². The van der Waals surface area contributed by atoms with Gasteiger partial charge in [0.25, 0.3) is 8.32 Å². The molecule has 0 atom stereocenters. The lowest BCUT2D eigenvalue weighted by Crippen LogP contribution is -2.50. The molecule has 0 spiro atoms. The summed E-state index contributed by atoms with van der Waals surface area (Å²) in [5.74, 6) is -0.581. The molecule has 7 nitrogen and oxygen atoms in total. The molecule has 2 rings (SSSR count). The van der Waals surface area contributed by atoms with Crippen LogP contribution in [0.4, 0.5) is 5.69 Å². The van der Waals surface area contributed by atoms with Crippen LogP contribution in [-0.4, -0.2) is 30.9 Å². The maximum Gasteiger partial charge on any atom is 0.335 e.